The number of aryl methyl sites for hydroxylation is 1. The van der Waals surface area contributed by atoms with E-state index >= 15 is 0 Å². The van der Waals surface area contributed by atoms with Crippen LogP contribution in [0, 0.1) is 0 Å². The minimum absolute atomic E-state index is 0.0234. The second-order valence-electron chi connectivity index (χ2n) is 9.59. The summed E-state index contributed by atoms with van der Waals surface area (Å²) in [5, 5.41) is 4.28. The van der Waals surface area contributed by atoms with E-state index in [0.717, 1.165) is 43.6 Å². The van der Waals surface area contributed by atoms with E-state index in [1.54, 1.807) is 0 Å². The lowest BCUT2D eigenvalue weighted by molar-refractivity contribution is -0.143. The molecule has 3 aliphatic heterocycles. The molecule has 7 heteroatoms. The largest absolute Gasteiger partial charge is 0.342 e. The van der Waals surface area contributed by atoms with Crippen molar-refractivity contribution >= 4 is 11.8 Å². The molecule has 1 unspecified atom stereocenters. The van der Waals surface area contributed by atoms with E-state index < -0.39 is 5.54 Å². The fourth-order valence-electron chi connectivity index (χ4n) is 5.92. The molecule has 2 amide bonds. The Bertz CT molecular complexity index is 1000. The van der Waals surface area contributed by atoms with E-state index in [1.807, 2.05) is 58.2 Å². The number of fused-ring (bicyclic) bond motifs is 1. The Balaban J connectivity index is 1.54. The summed E-state index contributed by atoms with van der Waals surface area (Å²) in [5.74, 6) is -0.0757. The van der Waals surface area contributed by atoms with Crippen molar-refractivity contribution < 1.29 is 9.59 Å². The summed E-state index contributed by atoms with van der Waals surface area (Å²) in [5.41, 5.74) is 2.24. The Morgan fingerprint density at radius 2 is 1.90 bits per heavy atom. The highest BCUT2D eigenvalue weighted by atomic mass is 16.2. The molecule has 2 fully saturated rings. The van der Waals surface area contributed by atoms with Gasteiger partial charge in [-0.3, -0.25) is 19.2 Å². The summed E-state index contributed by atoms with van der Waals surface area (Å²) < 4.78 is 1.81. The second-order valence-corrected chi connectivity index (χ2v) is 9.59. The number of nitrogens with zero attached hydrogens (tertiary/aromatic N) is 5. The maximum Gasteiger partial charge on any atom is 0.254 e. The van der Waals surface area contributed by atoms with Gasteiger partial charge in [0.25, 0.3) is 5.91 Å². The lowest BCUT2D eigenvalue weighted by atomic mass is 9.67. The predicted molar refractivity (Wildman–Crippen MR) is 118 cm³/mol. The number of likely N-dealkylation sites (tertiary alicyclic amines) is 2. The molecule has 1 atom stereocenters. The molecular weight excluding hydrogens is 390 g/mol. The molecule has 0 bridgehead atoms. The van der Waals surface area contributed by atoms with E-state index in [9.17, 15) is 9.59 Å². The fourth-order valence-corrected chi connectivity index (χ4v) is 5.92. The molecule has 7 nitrogen and oxygen atoms in total. The molecule has 31 heavy (non-hydrogen) atoms. The van der Waals surface area contributed by atoms with Crippen LogP contribution in [0.5, 0.6) is 0 Å². The van der Waals surface area contributed by atoms with Gasteiger partial charge in [0.1, 0.15) is 0 Å². The SMILES string of the molecule is CC(C)N1C(=O)c2ccccc2C(C(=O)N2CCCC2)C12CN(Cc1cnn(C)c1)C2. The molecule has 2 saturated heterocycles. The van der Waals surface area contributed by atoms with Crippen molar-refractivity contribution in [2.45, 2.75) is 50.7 Å². The van der Waals surface area contributed by atoms with E-state index in [4.69, 9.17) is 0 Å². The number of carbonyl (C=O) groups is 2. The molecule has 0 N–H and O–H groups in total. The molecule has 0 radical (unpaired) electrons. The lowest BCUT2D eigenvalue weighted by Gasteiger charge is -2.62. The monoisotopic (exact) mass is 421 g/mol. The molecule has 3 aliphatic rings. The quantitative estimate of drug-likeness (QED) is 0.760. The van der Waals surface area contributed by atoms with Gasteiger partial charge in [0.05, 0.1) is 17.7 Å². The molecule has 5 rings (SSSR count). The van der Waals surface area contributed by atoms with Gasteiger partial charge >= 0.3 is 0 Å². The maximum absolute atomic E-state index is 13.9. The van der Waals surface area contributed by atoms with Gasteiger partial charge in [-0.2, -0.15) is 5.10 Å². The Morgan fingerprint density at radius 3 is 2.55 bits per heavy atom. The molecule has 1 aromatic heterocycles. The predicted octanol–water partition coefficient (Wildman–Crippen LogP) is 2.24. The highest BCUT2D eigenvalue weighted by molar-refractivity contribution is 6.02. The second kappa shape index (κ2) is 7.48. The van der Waals surface area contributed by atoms with Crippen molar-refractivity contribution in [1.82, 2.24) is 24.5 Å². The number of hydrogen-bond acceptors (Lipinski definition) is 4. The van der Waals surface area contributed by atoms with Gasteiger partial charge in [-0.05, 0) is 38.3 Å². The van der Waals surface area contributed by atoms with Crippen LogP contribution in [-0.2, 0) is 18.4 Å². The molecule has 0 aliphatic carbocycles. The molecule has 0 saturated carbocycles. The standard InChI is InChI=1S/C24H31N5O2/c1-17(2)29-22(30)20-9-5-4-8-19(20)21(23(31)28-10-6-7-11-28)24(29)15-27(16-24)14-18-12-25-26(3)13-18/h4-5,8-9,12-13,17,21H,6-7,10-11,14-16H2,1-3H3. The average molecular weight is 422 g/mol. The zero-order valence-electron chi connectivity index (χ0n) is 18.6. The van der Waals surface area contributed by atoms with E-state index in [-0.39, 0.29) is 23.8 Å². The summed E-state index contributed by atoms with van der Waals surface area (Å²) >= 11 is 0. The van der Waals surface area contributed by atoms with E-state index in [1.165, 1.54) is 0 Å². The number of hydrogen-bond donors (Lipinski definition) is 0. The molecule has 164 valence electrons. The van der Waals surface area contributed by atoms with Crippen LogP contribution in [0.4, 0.5) is 0 Å². The first kappa shape index (κ1) is 20.2. The van der Waals surface area contributed by atoms with Crippen molar-refractivity contribution in [1.29, 1.82) is 0 Å². The van der Waals surface area contributed by atoms with Gasteiger partial charge in [-0.1, -0.05) is 18.2 Å². The van der Waals surface area contributed by atoms with Gasteiger partial charge in [0.2, 0.25) is 5.91 Å². The third kappa shape index (κ3) is 3.17. The smallest absolute Gasteiger partial charge is 0.254 e. The Labute approximate surface area is 183 Å². The lowest BCUT2D eigenvalue weighted by Crippen LogP contribution is -2.77. The first-order valence-corrected chi connectivity index (χ1v) is 11.3. The minimum Gasteiger partial charge on any atom is -0.342 e. The van der Waals surface area contributed by atoms with Crippen LogP contribution in [0.1, 0.15) is 54.1 Å². The average Bonchev–Trinajstić information content (AvgIpc) is 3.38. The van der Waals surface area contributed by atoms with Gasteiger partial charge < -0.3 is 9.80 Å². The van der Waals surface area contributed by atoms with Gasteiger partial charge in [0, 0.05) is 63.1 Å². The number of amides is 2. The number of benzene rings is 1. The summed E-state index contributed by atoms with van der Waals surface area (Å²) in [6.07, 6.45) is 6.04. The highest BCUT2D eigenvalue weighted by Gasteiger charge is 2.61. The topological polar surface area (TPSA) is 61.7 Å². The number of aromatic nitrogens is 2. The maximum atomic E-state index is 13.9. The Hall–Kier alpha value is -2.67. The van der Waals surface area contributed by atoms with Gasteiger partial charge in [-0.25, -0.2) is 0 Å². The van der Waals surface area contributed by atoms with Crippen molar-refractivity contribution in [2.75, 3.05) is 26.2 Å². The van der Waals surface area contributed by atoms with Crippen LogP contribution in [0.15, 0.2) is 36.7 Å². The fraction of sp³-hybridized carbons (Fsp3) is 0.542. The third-order valence-electron chi connectivity index (χ3n) is 7.08. The van der Waals surface area contributed by atoms with Crippen molar-refractivity contribution in [3.8, 4) is 0 Å². The summed E-state index contributed by atoms with van der Waals surface area (Å²) in [4.78, 5) is 33.8. The van der Waals surface area contributed by atoms with Crippen LogP contribution >= 0.6 is 0 Å². The zero-order chi connectivity index (χ0) is 21.8. The highest BCUT2D eigenvalue weighted by Crippen LogP contribution is 2.48. The molecule has 1 aromatic carbocycles. The van der Waals surface area contributed by atoms with Crippen LogP contribution in [0.3, 0.4) is 0 Å². The summed E-state index contributed by atoms with van der Waals surface area (Å²) in [6, 6.07) is 7.77. The zero-order valence-corrected chi connectivity index (χ0v) is 18.6. The van der Waals surface area contributed by atoms with Crippen LogP contribution in [-0.4, -0.2) is 74.1 Å². The Kier molecular flexibility index (Phi) is 4.88. The van der Waals surface area contributed by atoms with E-state index in [0.29, 0.717) is 18.7 Å². The number of carbonyl (C=O) groups excluding carboxylic acids is 2. The molecular formula is C24H31N5O2. The normalized spacial score (nSPS) is 22.8. The summed E-state index contributed by atoms with van der Waals surface area (Å²) in [7, 11) is 1.92. The van der Waals surface area contributed by atoms with Crippen LogP contribution in [0.2, 0.25) is 0 Å². The van der Waals surface area contributed by atoms with Crippen molar-refractivity contribution in [2.24, 2.45) is 7.05 Å². The van der Waals surface area contributed by atoms with Crippen LogP contribution in [0.25, 0.3) is 0 Å². The van der Waals surface area contributed by atoms with Gasteiger partial charge in [-0.15, -0.1) is 0 Å². The Morgan fingerprint density at radius 1 is 1.19 bits per heavy atom. The van der Waals surface area contributed by atoms with Crippen molar-refractivity contribution in [3.05, 3.63) is 53.3 Å². The molecule has 2 aromatic rings. The first-order valence-electron chi connectivity index (χ1n) is 11.3. The van der Waals surface area contributed by atoms with Gasteiger partial charge in [0.15, 0.2) is 0 Å². The third-order valence-corrected chi connectivity index (χ3v) is 7.08. The minimum atomic E-state index is -0.499. The molecule has 4 heterocycles. The van der Waals surface area contributed by atoms with E-state index in [2.05, 4.69) is 23.8 Å². The summed E-state index contributed by atoms with van der Waals surface area (Å²) in [6.45, 7) is 7.95. The number of rotatable bonds is 4. The first-order chi connectivity index (χ1) is 14.9. The molecule has 1 spiro atoms. The van der Waals surface area contributed by atoms with Crippen molar-refractivity contribution in [3.63, 3.8) is 0 Å². The van der Waals surface area contributed by atoms with Crippen LogP contribution < -0.4 is 0 Å².